The molecule has 0 saturated heterocycles. The molecule has 0 bridgehead atoms. The van der Waals surface area contributed by atoms with Crippen molar-refractivity contribution in [3.05, 3.63) is 46.9 Å². The Morgan fingerprint density at radius 3 is 2.00 bits per heavy atom. The van der Waals surface area contributed by atoms with Gasteiger partial charge in [-0.15, -0.1) is 4.94 Å². The van der Waals surface area contributed by atoms with E-state index in [0.29, 0.717) is 0 Å². The molecule has 18 heavy (non-hydrogen) atoms. The second-order valence-electron chi connectivity index (χ2n) is 6.14. The Morgan fingerprint density at radius 2 is 1.50 bits per heavy atom. The average molecular weight is 258 g/mol. The molecule has 1 aromatic rings. The maximum absolute atomic E-state index is 2.58. The number of benzene rings is 1. The Hall–Kier alpha value is -0.508. The van der Waals surface area contributed by atoms with E-state index in [1.165, 1.54) is 16.1 Å². The molecule has 1 rings (SSSR count). The molecule has 0 saturated carbocycles. The van der Waals surface area contributed by atoms with Crippen molar-refractivity contribution >= 4 is 14.1 Å². The maximum atomic E-state index is 2.58. The van der Waals surface area contributed by atoms with Gasteiger partial charge in [0.25, 0.3) is 14.1 Å². The summed E-state index contributed by atoms with van der Waals surface area (Å²) in [6.07, 6.45) is 3.51. The van der Waals surface area contributed by atoms with Gasteiger partial charge in [-0.25, -0.2) is 0 Å². The zero-order valence-electron chi connectivity index (χ0n) is 12.4. The predicted molar refractivity (Wildman–Crippen MR) is 84.3 cm³/mol. The van der Waals surface area contributed by atoms with Crippen LogP contribution in [-0.2, 0) is 6.42 Å². The number of hydrogen-bond donors (Lipinski definition) is 0. The summed E-state index contributed by atoms with van der Waals surface area (Å²) >= 11 is -0.671. The number of hydrogen-bond acceptors (Lipinski definition) is 0. The first kappa shape index (κ1) is 15.5. The minimum absolute atomic E-state index is 0.671. The molecule has 0 atom stereocenters. The van der Waals surface area contributed by atoms with Gasteiger partial charge in [0.05, 0.1) is 0 Å². The molecule has 0 aliphatic carbocycles. The Balaban J connectivity index is 2.49. The lowest BCUT2D eigenvalue weighted by molar-refractivity contribution is 0.694. The van der Waals surface area contributed by atoms with Gasteiger partial charge in [0.2, 0.25) is 0 Å². The molecular weight excluding hydrogens is 231 g/mol. The molecule has 0 heterocycles. The van der Waals surface area contributed by atoms with Gasteiger partial charge in [-0.05, 0) is 12.0 Å². The lowest BCUT2D eigenvalue weighted by Gasteiger charge is -2.12. The monoisotopic (exact) mass is 258 g/mol. The van der Waals surface area contributed by atoms with Crippen LogP contribution in [0.5, 0.6) is 0 Å². The van der Waals surface area contributed by atoms with E-state index < -0.39 is 14.1 Å². The van der Waals surface area contributed by atoms with Crippen molar-refractivity contribution in [3.8, 4) is 0 Å². The molecule has 1 heteroatoms. The molecule has 0 aromatic heterocycles. The van der Waals surface area contributed by atoms with Gasteiger partial charge in [0.1, 0.15) is 0 Å². The van der Waals surface area contributed by atoms with E-state index in [1.54, 1.807) is 0 Å². The number of rotatable bonds is 7. The van der Waals surface area contributed by atoms with Gasteiger partial charge in [-0.3, -0.25) is 0 Å². The SMILES string of the molecule is CC(C)[CH2][Al](/[CH]=C/Cc1ccccc1)[CH2]C(C)C. The average Bonchev–Trinajstić information content (AvgIpc) is 2.28. The van der Waals surface area contributed by atoms with Gasteiger partial charge in [0.15, 0.2) is 0 Å². The fourth-order valence-electron chi connectivity index (χ4n) is 2.48. The van der Waals surface area contributed by atoms with Crippen molar-refractivity contribution in [2.45, 2.75) is 44.7 Å². The summed E-state index contributed by atoms with van der Waals surface area (Å²) in [7, 11) is 0. The minimum atomic E-state index is -0.671. The van der Waals surface area contributed by atoms with Gasteiger partial charge in [-0.1, -0.05) is 86.5 Å². The Bertz CT molecular complexity index is 328. The molecule has 0 fully saturated rings. The first-order chi connectivity index (χ1) is 8.58. The fraction of sp³-hybridized carbons (Fsp3) is 0.529. The molecule has 0 amide bonds. The van der Waals surface area contributed by atoms with Crippen LogP contribution in [0.15, 0.2) is 41.3 Å². The molecule has 0 nitrogen and oxygen atoms in total. The van der Waals surface area contributed by atoms with E-state index in [0.717, 1.165) is 18.3 Å². The number of allylic oxidation sites excluding steroid dienone is 1. The lowest BCUT2D eigenvalue weighted by Crippen LogP contribution is -2.15. The van der Waals surface area contributed by atoms with Gasteiger partial charge in [-0.2, -0.15) is 0 Å². The summed E-state index contributed by atoms with van der Waals surface area (Å²) in [4.78, 5) is 2.58. The van der Waals surface area contributed by atoms with Crippen LogP contribution in [0.3, 0.4) is 0 Å². The normalized spacial score (nSPS) is 11.7. The summed E-state index contributed by atoms with van der Waals surface area (Å²) in [6.45, 7) is 9.41. The van der Waals surface area contributed by atoms with Crippen molar-refractivity contribution in [1.29, 1.82) is 0 Å². The van der Waals surface area contributed by atoms with Crippen molar-refractivity contribution < 1.29 is 0 Å². The third-order valence-corrected chi connectivity index (χ3v) is 7.07. The molecule has 1 aromatic carbocycles. The van der Waals surface area contributed by atoms with E-state index in [2.05, 4.69) is 69.0 Å². The largest absolute Gasteiger partial charge is 0.294 e. The highest BCUT2D eigenvalue weighted by atomic mass is 27.2. The summed E-state index contributed by atoms with van der Waals surface area (Å²) in [5.41, 5.74) is 1.43. The van der Waals surface area contributed by atoms with Crippen LogP contribution in [0.1, 0.15) is 33.3 Å². The molecular formula is C17H27Al. The molecule has 0 aliphatic rings. The van der Waals surface area contributed by atoms with Crippen LogP contribution < -0.4 is 0 Å². The van der Waals surface area contributed by atoms with Crippen LogP contribution in [0.4, 0.5) is 0 Å². The topological polar surface area (TPSA) is 0 Å². The Labute approximate surface area is 118 Å². The summed E-state index contributed by atoms with van der Waals surface area (Å²) in [6, 6.07) is 10.8. The molecule has 0 aliphatic heterocycles. The van der Waals surface area contributed by atoms with E-state index >= 15 is 0 Å². The molecule has 0 unspecified atom stereocenters. The van der Waals surface area contributed by atoms with Crippen LogP contribution in [-0.4, -0.2) is 14.1 Å². The van der Waals surface area contributed by atoms with Crippen LogP contribution >= 0.6 is 0 Å². The highest BCUT2D eigenvalue weighted by Gasteiger charge is 2.16. The van der Waals surface area contributed by atoms with Crippen molar-refractivity contribution in [2.24, 2.45) is 11.8 Å². The minimum Gasteiger partial charge on any atom is -0.148 e. The third kappa shape index (κ3) is 7.04. The quantitative estimate of drug-likeness (QED) is 0.595. The smallest absolute Gasteiger partial charge is 0.148 e. The van der Waals surface area contributed by atoms with E-state index in [1.807, 2.05) is 0 Å². The summed E-state index contributed by atoms with van der Waals surface area (Å²) in [5.74, 6) is 1.70. The molecule has 98 valence electrons. The van der Waals surface area contributed by atoms with Crippen molar-refractivity contribution in [2.75, 3.05) is 0 Å². The molecule has 0 radical (unpaired) electrons. The second kappa shape index (κ2) is 8.57. The zero-order chi connectivity index (χ0) is 13.4. The van der Waals surface area contributed by atoms with Gasteiger partial charge < -0.3 is 0 Å². The third-order valence-electron chi connectivity index (χ3n) is 3.15. The maximum Gasteiger partial charge on any atom is 0.294 e. The summed E-state index contributed by atoms with van der Waals surface area (Å²) < 4.78 is 0. The first-order valence-corrected chi connectivity index (χ1v) is 9.58. The highest BCUT2D eigenvalue weighted by Crippen LogP contribution is 2.15. The van der Waals surface area contributed by atoms with Crippen LogP contribution in [0, 0.1) is 11.8 Å². The predicted octanol–water partition coefficient (Wildman–Crippen LogP) is 5.13. The lowest BCUT2D eigenvalue weighted by atomic mass is 10.2. The standard InChI is InChI=1S/C9H9.2C4H9.Al/c1-2-6-9-7-4-3-5-8-9;2*1-4(2)3;/h1-5,7-8H,6H2;2*4H,1H2,2-3H3;. The van der Waals surface area contributed by atoms with Gasteiger partial charge >= 0.3 is 0 Å². The summed E-state index contributed by atoms with van der Waals surface area (Å²) in [5, 5.41) is 2.90. The van der Waals surface area contributed by atoms with Crippen LogP contribution in [0.2, 0.25) is 10.6 Å². The molecule has 0 spiro atoms. The zero-order valence-corrected chi connectivity index (χ0v) is 13.5. The highest BCUT2D eigenvalue weighted by molar-refractivity contribution is 6.64. The van der Waals surface area contributed by atoms with E-state index in [9.17, 15) is 0 Å². The van der Waals surface area contributed by atoms with E-state index in [-0.39, 0.29) is 0 Å². The van der Waals surface area contributed by atoms with Crippen LogP contribution in [0.25, 0.3) is 0 Å². The van der Waals surface area contributed by atoms with E-state index in [4.69, 9.17) is 0 Å². The van der Waals surface area contributed by atoms with Gasteiger partial charge in [0, 0.05) is 0 Å². The second-order valence-corrected chi connectivity index (χ2v) is 8.98. The fourth-order valence-corrected chi connectivity index (χ4v) is 5.92. The van der Waals surface area contributed by atoms with Crippen molar-refractivity contribution in [1.82, 2.24) is 0 Å². The Morgan fingerprint density at radius 1 is 0.944 bits per heavy atom. The van der Waals surface area contributed by atoms with Crippen molar-refractivity contribution in [3.63, 3.8) is 0 Å². The Kier molecular flexibility index (Phi) is 7.40. The molecule has 0 N–H and O–H groups in total. The first-order valence-electron chi connectivity index (χ1n) is 7.28.